The molecule has 7 heteroatoms. The van der Waals surface area contributed by atoms with Gasteiger partial charge >= 0.3 is 5.97 Å². The van der Waals surface area contributed by atoms with Crippen LogP contribution >= 0.6 is 11.6 Å². The number of hydrogen-bond donors (Lipinski definition) is 1. The lowest BCUT2D eigenvalue weighted by Gasteiger charge is -2.12. The van der Waals surface area contributed by atoms with Gasteiger partial charge in [-0.2, -0.15) is 0 Å². The highest BCUT2D eigenvalue weighted by molar-refractivity contribution is 6.31. The number of methoxy groups -OCH3 is 1. The number of rotatable bonds is 4. The zero-order valence-corrected chi connectivity index (χ0v) is 15.5. The van der Waals surface area contributed by atoms with Crippen LogP contribution in [0.3, 0.4) is 0 Å². The first-order valence-electron chi connectivity index (χ1n) is 8.30. The number of carboxylic acid groups (broad SMARTS) is 1. The molecule has 4 aromatic rings. The van der Waals surface area contributed by atoms with Gasteiger partial charge in [0.15, 0.2) is 0 Å². The summed E-state index contributed by atoms with van der Waals surface area (Å²) in [5.41, 5.74) is 3.18. The fourth-order valence-electron chi connectivity index (χ4n) is 3.45. The number of ether oxygens (including phenoxy) is 1. The van der Waals surface area contributed by atoms with E-state index in [-0.39, 0.29) is 6.42 Å². The van der Waals surface area contributed by atoms with E-state index in [1.165, 1.54) is 13.4 Å². The van der Waals surface area contributed by atoms with Gasteiger partial charge in [-0.15, -0.1) is 0 Å². The zero-order valence-electron chi connectivity index (χ0n) is 14.7. The van der Waals surface area contributed by atoms with Crippen molar-refractivity contribution in [1.29, 1.82) is 0 Å². The zero-order chi connectivity index (χ0) is 19.1. The van der Waals surface area contributed by atoms with Crippen LogP contribution in [-0.2, 0) is 11.2 Å². The highest BCUT2D eigenvalue weighted by Crippen LogP contribution is 2.34. The van der Waals surface area contributed by atoms with E-state index in [0.717, 1.165) is 33.3 Å². The molecule has 0 amide bonds. The van der Waals surface area contributed by atoms with Gasteiger partial charge in [-0.05, 0) is 43.3 Å². The van der Waals surface area contributed by atoms with E-state index in [0.29, 0.717) is 16.3 Å². The van der Waals surface area contributed by atoms with Crippen LogP contribution in [0.5, 0.6) is 5.75 Å². The molecule has 0 unspecified atom stereocenters. The van der Waals surface area contributed by atoms with Gasteiger partial charge in [0.1, 0.15) is 17.9 Å². The molecule has 0 saturated heterocycles. The Labute approximate surface area is 160 Å². The molecule has 0 aliphatic rings. The predicted molar refractivity (Wildman–Crippen MR) is 104 cm³/mol. The molecule has 2 heterocycles. The summed E-state index contributed by atoms with van der Waals surface area (Å²) in [7, 11) is 1.54. The minimum absolute atomic E-state index is 0.121. The molecule has 0 radical (unpaired) electrons. The second-order valence-electron chi connectivity index (χ2n) is 6.23. The highest BCUT2D eigenvalue weighted by atomic mass is 35.5. The molecular weight excluding hydrogens is 366 g/mol. The van der Waals surface area contributed by atoms with E-state index < -0.39 is 5.97 Å². The van der Waals surface area contributed by atoms with Crippen molar-refractivity contribution in [3.05, 3.63) is 59.0 Å². The maximum Gasteiger partial charge on any atom is 0.307 e. The lowest BCUT2D eigenvalue weighted by Crippen LogP contribution is -2.04. The maximum atomic E-state index is 11.4. The Hall–Kier alpha value is -3.12. The third-order valence-electron chi connectivity index (χ3n) is 4.58. The van der Waals surface area contributed by atoms with Crippen LogP contribution < -0.4 is 4.74 Å². The van der Waals surface area contributed by atoms with Gasteiger partial charge in [0.25, 0.3) is 0 Å². The second kappa shape index (κ2) is 6.55. The Morgan fingerprint density at radius 2 is 2.00 bits per heavy atom. The van der Waals surface area contributed by atoms with E-state index >= 15 is 0 Å². The quantitative estimate of drug-likeness (QED) is 0.574. The van der Waals surface area contributed by atoms with Crippen molar-refractivity contribution in [1.82, 2.24) is 14.5 Å². The van der Waals surface area contributed by atoms with Crippen molar-refractivity contribution in [3.63, 3.8) is 0 Å². The summed E-state index contributed by atoms with van der Waals surface area (Å²) in [4.78, 5) is 20.1. The molecule has 6 nitrogen and oxygen atoms in total. The summed E-state index contributed by atoms with van der Waals surface area (Å²) >= 11 is 6.09. The fourth-order valence-corrected chi connectivity index (χ4v) is 3.62. The van der Waals surface area contributed by atoms with Crippen LogP contribution in [0.1, 0.15) is 11.3 Å². The van der Waals surface area contributed by atoms with Gasteiger partial charge in [-0.1, -0.05) is 11.6 Å². The average Bonchev–Trinajstić information content (AvgIpc) is 2.97. The molecule has 4 rings (SSSR count). The molecule has 0 saturated carbocycles. The Kier molecular flexibility index (Phi) is 4.20. The van der Waals surface area contributed by atoms with E-state index in [9.17, 15) is 9.90 Å². The summed E-state index contributed by atoms with van der Waals surface area (Å²) in [6.07, 6.45) is 1.38. The topological polar surface area (TPSA) is 77.2 Å². The van der Waals surface area contributed by atoms with Crippen molar-refractivity contribution in [2.45, 2.75) is 13.3 Å². The van der Waals surface area contributed by atoms with Gasteiger partial charge in [-0.3, -0.25) is 9.36 Å². The van der Waals surface area contributed by atoms with E-state index in [2.05, 4.69) is 9.97 Å². The van der Waals surface area contributed by atoms with Gasteiger partial charge in [0, 0.05) is 27.1 Å². The van der Waals surface area contributed by atoms with E-state index in [1.54, 1.807) is 18.2 Å². The molecule has 1 N–H and O–H groups in total. The molecule has 2 aromatic carbocycles. The van der Waals surface area contributed by atoms with Crippen LogP contribution in [0.25, 0.3) is 27.6 Å². The number of carbonyl (C=O) groups is 1. The Balaban J connectivity index is 2.04. The number of hydrogen-bond acceptors (Lipinski definition) is 4. The first kappa shape index (κ1) is 17.3. The first-order chi connectivity index (χ1) is 13.0. The summed E-state index contributed by atoms with van der Waals surface area (Å²) in [6.45, 7) is 1.96. The average molecular weight is 382 g/mol. The van der Waals surface area contributed by atoms with Gasteiger partial charge < -0.3 is 9.84 Å². The molecule has 136 valence electrons. The second-order valence-corrected chi connectivity index (χ2v) is 6.67. The number of nitrogens with zero attached hydrogens (tertiary/aromatic N) is 3. The number of aryl methyl sites for hydroxylation is 1. The van der Waals surface area contributed by atoms with E-state index in [4.69, 9.17) is 16.3 Å². The molecule has 0 aliphatic carbocycles. The summed E-state index contributed by atoms with van der Waals surface area (Å²) in [5, 5.41) is 11.6. The number of aromatic nitrogens is 3. The smallest absolute Gasteiger partial charge is 0.307 e. The van der Waals surface area contributed by atoms with E-state index in [1.807, 2.05) is 29.7 Å². The molecule has 0 spiro atoms. The molecule has 0 bridgehead atoms. The van der Waals surface area contributed by atoms with Crippen LogP contribution in [-0.4, -0.2) is 32.7 Å². The normalized spacial score (nSPS) is 11.2. The predicted octanol–water partition coefficient (Wildman–Crippen LogP) is 4.17. The monoisotopic (exact) mass is 381 g/mol. The van der Waals surface area contributed by atoms with Crippen molar-refractivity contribution in [3.8, 4) is 11.6 Å². The third-order valence-corrected chi connectivity index (χ3v) is 4.81. The van der Waals surface area contributed by atoms with Crippen molar-refractivity contribution in [2.75, 3.05) is 7.11 Å². The fraction of sp³-hybridized carbons (Fsp3) is 0.150. The van der Waals surface area contributed by atoms with Gasteiger partial charge in [0.05, 0.1) is 24.6 Å². The lowest BCUT2D eigenvalue weighted by atomic mass is 10.1. The van der Waals surface area contributed by atoms with Crippen molar-refractivity contribution >= 4 is 39.4 Å². The molecule has 0 aliphatic heterocycles. The molecule has 0 atom stereocenters. The van der Waals surface area contributed by atoms with Crippen LogP contribution in [0.4, 0.5) is 0 Å². The standard InChI is InChI=1S/C20H16ClN3O3/c1-11-7-14-15(9-19(25)26)18(27-2)6-5-17(14)24(11)20-13-4-3-12(21)8-16(13)22-10-23-20/h3-8,10H,9H2,1-2H3,(H,25,26). The lowest BCUT2D eigenvalue weighted by molar-refractivity contribution is -0.136. The third kappa shape index (κ3) is 2.88. The molecule has 0 fully saturated rings. The highest BCUT2D eigenvalue weighted by Gasteiger charge is 2.18. The minimum atomic E-state index is -0.909. The Morgan fingerprint density at radius 3 is 2.74 bits per heavy atom. The van der Waals surface area contributed by atoms with Crippen molar-refractivity contribution < 1.29 is 14.6 Å². The Bertz CT molecular complexity index is 1200. The summed E-state index contributed by atoms with van der Waals surface area (Å²) < 4.78 is 7.38. The van der Waals surface area contributed by atoms with Crippen LogP contribution in [0, 0.1) is 6.92 Å². The Morgan fingerprint density at radius 1 is 1.19 bits per heavy atom. The summed E-state index contributed by atoms with van der Waals surface area (Å²) in [6, 6.07) is 11.1. The largest absolute Gasteiger partial charge is 0.496 e. The van der Waals surface area contributed by atoms with Crippen LogP contribution in [0.2, 0.25) is 5.02 Å². The van der Waals surface area contributed by atoms with Gasteiger partial charge in [-0.25, -0.2) is 9.97 Å². The van der Waals surface area contributed by atoms with Crippen molar-refractivity contribution in [2.24, 2.45) is 0 Å². The summed E-state index contributed by atoms with van der Waals surface area (Å²) in [5.74, 6) is 0.366. The molecular formula is C20H16ClN3O3. The number of aliphatic carboxylic acids is 1. The van der Waals surface area contributed by atoms with Crippen LogP contribution in [0.15, 0.2) is 42.7 Å². The minimum Gasteiger partial charge on any atom is -0.496 e. The molecule has 2 aromatic heterocycles. The SMILES string of the molecule is COc1ccc2c(cc(C)n2-c2ncnc3cc(Cl)ccc23)c1CC(=O)O. The maximum absolute atomic E-state index is 11.4. The van der Waals surface area contributed by atoms with Gasteiger partial charge in [0.2, 0.25) is 0 Å². The number of carboxylic acids is 1. The molecule has 27 heavy (non-hydrogen) atoms. The number of fused-ring (bicyclic) bond motifs is 2. The number of halogens is 1. The number of benzene rings is 2. The first-order valence-corrected chi connectivity index (χ1v) is 8.67.